The zero-order chi connectivity index (χ0) is 18.9. The van der Waals surface area contributed by atoms with Crippen LogP contribution in [0, 0.1) is 0 Å². The number of ether oxygens (including phenoxy) is 1. The number of thiazole rings is 1. The number of benzene rings is 2. The van der Waals surface area contributed by atoms with E-state index in [2.05, 4.69) is 15.0 Å². The van der Waals surface area contributed by atoms with Crippen LogP contribution in [0.3, 0.4) is 0 Å². The molecule has 1 heterocycles. The van der Waals surface area contributed by atoms with E-state index < -0.39 is 16.2 Å². The van der Waals surface area contributed by atoms with Gasteiger partial charge in [0.25, 0.3) is 0 Å². The molecule has 1 N–H and O–H groups in total. The summed E-state index contributed by atoms with van der Waals surface area (Å²) in [5.74, 6) is 0.0572. The summed E-state index contributed by atoms with van der Waals surface area (Å²) >= 11 is 13.0. The Morgan fingerprint density at radius 1 is 1.19 bits per heavy atom. The lowest BCUT2D eigenvalue weighted by Crippen LogP contribution is -2.11. The maximum atomic E-state index is 12.5. The molecule has 0 aliphatic heterocycles. The van der Waals surface area contributed by atoms with Gasteiger partial charge < -0.3 is 8.92 Å². The second-order valence-electron chi connectivity index (χ2n) is 4.85. The number of carbonyl (C=O) groups is 1. The third kappa shape index (κ3) is 3.85. The zero-order valence-corrected chi connectivity index (χ0v) is 16.2. The quantitative estimate of drug-likeness (QED) is 0.607. The van der Waals surface area contributed by atoms with Crippen LogP contribution in [-0.4, -0.2) is 26.6 Å². The van der Waals surface area contributed by atoms with E-state index in [0.29, 0.717) is 15.3 Å². The number of rotatable bonds is 4. The van der Waals surface area contributed by atoms with E-state index in [0.717, 1.165) is 11.3 Å². The standard InChI is InChI=1S/C15H10Cl2N2O5S2/c1-23-15(20)19-14-18-11-6-5-8(7-12(11)25-14)24-26(21,22)13-9(16)3-2-4-10(13)17/h2-7H,1H3,(H,18,19,20). The summed E-state index contributed by atoms with van der Waals surface area (Å²) in [6, 6.07) is 8.82. The van der Waals surface area contributed by atoms with Crippen LogP contribution in [0.5, 0.6) is 5.75 Å². The molecule has 0 aliphatic carbocycles. The van der Waals surface area contributed by atoms with Crippen molar-refractivity contribution in [1.82, 2.24) is 4.98 Å². The Labute approximate surface area is 162 Å². The number of methoxy groups -OCH3 is 1. The van der Waals surface area contributed by atoms with Gasteiger partial charge in [-0.3, -0.25) is 5.32 Å². The average molecular weight is 433 g/mol. The average Bonchev–Trinajstić information content (AvgIpc) is 2.95. The molecule has 0 spiro atoms. The molecule has 1 amide bonds. The van der Waals surface area contributed by atoms with E-state index in [1.54, 1.807) is 6.07 Å². The Morgan fingerprint density at radius 3 is 2.54 bits per heavy atom. The van der Waals surface area contributed by atoms with Crippen LogP contribution in [0.25, 0.3) is 10.2 Å². The molecule has 0 unspecified atom stereocenters. The number of anilines is 1. The lowest BCUT2D eigenvalue weighted by atomic mass is 10.3. The molecule has 2 aromatic carbocycles. The molecule has 3 rings (SSSR count). The summed E-state index contributed by atoms with van der Waals surface area (Å²) in [5, 5.41) is 2.67. The molecule has 0 saturated heterocycles. The molecule has 26 heavy (non-hydrogen) atoms. The van der Waals surface area contributed by atoms with Crippen LogP contribution in [0.15, 0.2) is 41.3 Å². The molecular formula is C15H10Cl2N2O5S2. The predicted molar refractivity (Wildman–Crippen MR) is 99.9 cm³/mol. The minimum absolute atomic E-state index is 0.0408. The summed E-state index contributed by atoms with van der Waals surface area (Å²) < 4.78 is 35.2. The molecule has 7 nitrogen and oxygen atoms in total. The van der Waals surface area contributed by atoms with Gasteiger partial charge in [-0.2, -0.15) is 8.42 Å². The molecule has 0 atom stereocenters. The van der Waals surface area contributed by atoms with Crippen LogP contribution < -0.4 is 9.50 Å². The lowest BCUT2D eigenvalue weighted by molar-refractivity contribution is 0.187. The number of amides is 1. The van der Waals surface area contributed by atoms with Gasteiger partial charge in [-0.15, -0.1) is 0 Å². The third-order valence-electron chi connectivity index (χ3n) is 3.13. The SMILES string of the molecule is COC(=O)Nc1nc2ccc(OS(=O)(=O)c3c(Cl)cccc3Cl)cc2s1. The van der Waals surface area contributed by atoms with Crippen molar-refractivity contribution in [2.75, 3.05) is 12.4 Å². The van der Waals surface area contributed by atoms with E-state index in [9.17, 15) is 13.2 Å². The first kappa shape index (κ1) is 18.7. The Morgan fingerprint density at radius 2 is 1.88 bits per heavy atom. The van der Waals surface area contributed by atoms with Gasteiger partial charge in [0.2, 0.25) is 0 Å². The van der Waals surface area contributed by atoms with E-state index in [1.807, 2.05) is 0 Å². The lowest BCUT2D eigenvalue weighted by Gasteiger charge is -2.09. The molecule has 0 aliphatic rings. The normalized spacial score (nSPS) is 11.3. The number of hydrogen-bond acceptors (Lipinski definition) is 7. The summed E-state index contributed by atoms with van der Waals surface area (Å²) in [6.45, 7) is 0. The van der Waals surface area contributed by atoms with E-state index >= 15 is 0 Å². The molecule has 0 fully saturated rings. The van der Waals surface area contributed by atoms with Gasteiger partial charge in [0.05, 0.1) is 27.4 Å². The second-order valence-corrected chi connectivity index (χ2v) is 8.18. The number of halogens is 2. The fraction of sp³-hybridized carbons (Fsp3) is 0.0667. The first-order chi connectivity index (χ1) is 12.3. The Kier molecular flexibility index (Phi) is 5.24. The molecular weight excluding hydrogens is 423 g/mol. The monoisotopic (exact) mass is 432 g/mol. The summed E-state index contributed by atoms with van der Waals surface area (Å²) in [5.41, 5.74) is 0.557. The minimum Gasteiger partial charge on any atom is -0.453 e. The van der Waals surface area contributed by atoms with Gasteiger partial charge in [0, 0.05) is 6.07 Å². The second kappa shape index (κ2) is 7.28. The third-order valence-corrected chi connectivity index (χ3v) is 6.27. The van der Waals surface area contributed by atoms with E-state index in [1.165, 1.54) is 37.4 Å². The van der Waals surface area contributed by atoms with Crippen LogP contribution in [0.2, 0.25) is 10.0 Å². The highest BCUT2D eigenvalue weighted by atomic mass is 35.5. The fourth-order valence-corrected chi connectivity index (χ4v) is 4.94. The van der Waals surface area contributed by atoms with Gasteiger partial charge in [-0.05, 0) is 24.3 Å². The highest BCUT2D eigenvalue weighted by Crippen LogP contribution is 2.33. The highest BCUT2D eigenvalue weighted by molar-refractivity contribution is 7.87. The maximum Gasteiger partial charge on any atom is 0.413 e. The molecule has 3 aromatic rings. The minimum atomic E-state index is -4.23. The Bertz CT molecular complexity index is 1080. The van der Waals surface area contributed by atoms with Crippen molar-refractivity contribution in [3.05, 3.63) is 46.4 Å². The first-order valence-electron chi connectivity index (χ1n) is 6.94. The summed E-state index contributed by atoms with van der Waals surface area (Å²) in [6.07, 6.45) is -0.656. The number of nitrogens with one attached hydrogen (secondary N) is 1. The van der Waals surface area contributed by atoms with Gasteiger partial charge in [-0.1, -0.05) is 40.6 Å². The Hall–Kier alpha value is -2.07. The fourth-order valence-electron chi connectivity index (χ4n) is 2.04. The van der Waals surface area contributed by atoms with E-state index in [4.69, 9.17) is 27.4 Å². The topological polar surface area (TPSA) is 94.6 Å². The molecule has 136 valence electrons. The van der Waals surface area contributed by atoms with Crippen LogP contribution in [0.1, 0.15) is 0 Å². The molecule has 0 bridgehead atoms. The van der Waals surface area contributed by atoms with Crippen LogP contribution in [0.4, 0.5) is 9.93 Å². The van der Waals surface area contributed by atoms with Crippen LogP contribution >= 0.6 is 34.5 Å². The molecule has 0 radical (unpaired) electrons. The van der Waals surface area contributed by atoms with Gasteiger partial charge in [0.15, 0.2) is 5.13 Å². The largest absolute Gasteiger partial charge is 0.453 e. The smallest absolute Gasteiger partial charge is 0.413 e. The number of carbonyl (C=O) groups excluding carboxylic acids is 1. The van der Waals surface area contributed by atoms with Crippen molar-refractivity contribution in [3.8, 4) is 5.75 Å². The summed E-state index contributed by atoms with van der Waals surface area (Å²) in [7, 11) is -2.99. The number of aromatic nitrogens is 1. The highest BCUT2D eigenvalue weighted by Gasteiger charge is 2.24. The van der Waals surface area contributed by atoms with Crippen LogP contribution in [-0.2, 0) is 14.9 Å². The van der Waals surface area contributed by atoms with Gasteiger partial charge in [-0.25, -0.2) is 9.78 Å². The van der Waals surface area contributed by atoms with Crippen molar-refractivity contribution < 1.29 is 22.1 Å². The number of hydrogen-bond donors (Lipinski definition) is 1. The maximum absolute atomic E-state index is 12.5. The number of fused-ring (bicyclic) bond motifs is 1. The number of nitrogens with zero attached hydrogens (tertiary/aromatic N) is 1. The zero-order valence-electron chi connectivity index (χ0n) is 13.0. The van der Waals surface area contributed by atoms with Crippen molar-refractivity contribution in [2.45, 2.75) is 4.90 Å². The van der Waals surface area contributed by atoms with E-state index in [-0.39, 0.29) is 20.7 Å². The van der Waals surface area contributed by atoms with Crippen molar-refractivity contribution in [1.29, 1.82) is 0 Å². The molecule has 11 heteroatoms. The Balaban J connectivity index is 1.92. The van der Waals surface area contributed by atoms with Gasteiger partial charge >= 0.3 is 16.2 Å². The first-order valence-corrected chi connectivity index (χ1v) is 9.92. The molecule has 0 saturated carbocycles. The molecule has 1 aromatic heterocycles. The van der Waals surface area contributed by atoms with Crippen molar-refractivity contribution >= 4 is 66.1 Å². The van der Waals surface area contributed by atoms with Crippen molar-refractivity contribution in [2.24, 2.45) is 0 Å². The van der Waals surface area contributed by atoms with Gasteiger partial charge in [0.1, 0.15) is 10.6 Å². The van der Waals surface area contributed by atoms with Crippen molar-refractivity contribution in [3.63, 3.8) is 0 Å². The predicted octanol–water partition coefficient (Wildman–Crippen LogP) is 4.55. The summed E-state index contributed by atoms with van der Waals surface area (Å²) in [4.78, 5) is 15.1.